The number of carbonyl (C=O) groups is 2. The van der Waals surface area contributed by atoms with Gasteiger partial charge in [0.15, 0.2) is 0 Å². The molecule has 18 heavy (non-hydrogen) atoms. The molecule has 0 radical (unpaired) electrons. The number of Topliss-reactive ketones (excluding diaryl/α,β-unsaturated/α-hetero) is 1. The number of nitrogens with zero attached hydrogens (tertiary/aromatic N) is 1. The number of fused-ring (bicyclic) bond motifs is 1. The normalized spacial score (nSPS) is 22.7. The van der Waals surface area contributed by atoms with Gasteiger partial charge in [-0.05, 0) is 31.0 Å². The Labute approximate surface area is 103 Å². The Kier molecular flexibility index (Phi) is 2.63. The molecule has 0 bridgehead atoms. The van der Waals surface area contributed by atoms with Crippen LogP contribution in [0.3, 0.4) is 0 Å². The highest BCUT2D eigenvalue weighted by molar-refractivity contribution is 6.52. The molecule has 0 saturated carbocycles. The second-order valence-corrected chi connectivity index (χ2v) is 4.54. The first-order chi connectivity index (χ1) is 8.66. The van der Waals surface area contributed by atoms with Gasteiger partial charge in [0.25, 0.3) is 11.7 Å². The predicted octanol–water partition coefficient (Wildman–Crippen LogP) is 1.53. The molecule has 1 amide bonds. The maximum atomic E-state index is 13.2. The molecule has 2 aliphatic heterocycles. The van der Waals surface area contributed by atoms with E-state index in [0.717, 1.165) is 12.8 Å². The van der Waals surface area contributed by atoms with Crippen molar-refractivity contribution >= 4 is 17.4 Å². The summed E-state index contributed by atoms with van der Waals surface area (Å²) in [6.45, 7) is 0.998. The number of carbonyl (C=O) groups excluding carboxylic acids is 2. The van der Waals surface area contributed by atoms with E-state index < -0.39 is 17.5 Å². The molecule has 0 aliphatic carbocycles. The van der Waals surface area contributed by atoms with Crippen molar-refractivity contribution in [1.29, 1.82) is 0 Å². The summed E-state index contributed by atoms with van der Waals surface area (Å²) in [4.78, 5) is 24.9. The zero-order chi connectivity index (χ0) is 12.7. The smallest absolute Gasteiger partial charge is 0.299 e. The van der Waals surface area contributed by atoms with Crippen LogP contribution in [-0.2, 0) is 9.53 Å². The van der Waals surface area contributed by atoms with E-state index in [1.807, 2.05) is 0 Å². The predicted molar refractivity (Wildman–Crippen MR) is 62.1 cm³/mol. The summed E-state index contributed by atoms with van der Waals surface area (Å²) in [6, 6.07) is 3.78. The van der Waals surface area contributed by atoms with Gasteiger partial charge in [0, 0.05) is 6.61 Å². The van der Waals surface area contributed by atoms with Crippen molar-refractivity contribution in [2.75, 3.05) is 18.1 Å². The van der Waals surface area contributed by atoms with Crippen LogP contribution in [0.15, 0.2) is 18.2 Å². The number of anilines is 1. The van der Waals surface area contributed by atoms with Crippen molar-refractivity contribution in [2.24, 2.45) is 0 Å². The van der Waals surface area contributed by atoms with E-state index in [-0.39, 0.29) is 11.7 Å². The first kappa shape index (κ1) is 11.3. The highest BCUT2D eigenvalue weighted by Crippen LogP contribution is 2.30. The molecule has 1 aromatic carbocycles. The topological polar surface area (TPSA) is 46.6 Å². The van der Waals surface area contributed by atoms with Crippen LogP contribution in [0, 0.1) is 5.82 Å². The lowest BCUT2D eigenvalue weighted by molar-refractivity contribution is -0.114. The van der Waals surface area contributed by atoms with Crippen LogP contribution in [-0.4, -0.2) is 30.9 Å². The number of ether oxygens (including phenoxy) is 1. The minimum atomic E-state index is -0.592. The number of hydrogen-bond donors (Lipinski definition) is 0. The Bertz CT molecular complexity index is 523. The van der Waals surface area contributed by atoms with Crippen molar-refractivity contribution in [1.82, 2.24) is 0 Å². The molecule has 94 valence electrons. The van der Waals surface area contributed by atoms with Crippen LogP contribution in [0.5, 0.6) is 0 Å². The van der Waals surface area contributed by atoms with E-state index in [2.05, 4.69) is 0 Å². The summed E-state index contributed by atoms with van der Waals surface area (Å²) in [7, 11) is 0. The van der Waals surface area contributed by atoms with Gasteiger partial charge >= 0.3 is 0 Å². The third-order valence-electron chi connectivity index (χ3n) is 3.34. The fourth-order valence-corrected chi connectivity index (χ4v) is 2.44. The van der Waals surface area contributed by atoms with Gasteiger partial charge < -0.3 is 9.64 Å². The molecule has 2 heterocycles. The number of benzene rings is 1. The minimum absolute atomic E-state index is 0.0593. The minimum Gasteiger partial charge on any atom is -0.376 e. The molecule has 1 atom stereocenters. The molecule has 4 nitrogen and oxygen atoms in total. The molecular formula is C13H12FNO3. The van der Waals surface area contributed by atoms with Crippen LogP contribution < -0.4 is 4.90 Å². The van der Waals surface area contributed by atoms with E-state index >= 15 is 0 Å². The molecule has 1 unspecified atom stereocenters. The average molecular weight is 249 g/mol. The second-order valence-electron chi connectivity index (χ2n) is 4.54. The lowest BCUT2D eigenvalue weighted by Gasteiger charge is -2.20. The van der Waals surface area contributed by atoms with E-state index in [9.17, 15) is 14.0 Å². The fraction of sp³-hybridized carbons (Fsp3) is 0.385. The standard InChI is InChI=1S/C13H12FNO3/c14-8-3-4-10-11(6-8)15(13(17)12(10)16)7-9-2-1-5-18-9/h3-4,6,9H,1-2,5,7H2. The van der Waals surface area contributed by atoms with Gasteiger partial charge in [-0.2, -0.15) is 0 Å². The molecule has 3 rings (SSSR count). The summed E-state index contributed by atoms with van der Waals surface area (Å²) in [6.07, 6.45) is 1.76. The van der Waals surface area contributed by atoms with Gasteiger partial charge in [0.1, 0.15) is 5.82 Å². The molecule has 5 heteroatoms. The van der Waals surface area contributed by atoms with E-state index in [0.29, 0.717) is 18.8 Å². The van der Waals surface area contributed by atoms with Crippen LogP contribution in [0.2, 0.25) is 0 Å². The van der Waals surface area contributed by atoms with Crippen molar-refractivity contribution in [3.63, 3.8) is 0 Å². The van der Waals surface area contributed by atoms with Gasteiger partial charge in [-0.3, -0.25) is 9.59 Å². The van der Waals surface area contributed by atoms with Crippen molar-refractivity contribution in [3.8, 4) is 0 Å². The fourth-order valence-electron chi connectivity index (χ4n) is 2.44. The van der Waals surface area contributed by atoms with Crippen LogP contribution in [0.25, 0.3) is 0 Å². The van der Waals surface area contributed by atoms with Crippen LogP contribution >= 0.6 is 0 Å². The lowest BCUT2D eigenvalue weighted by atomic mass is 10.1. The van der Waals surface area contributed by atoms with Crippen LogP contribution in [0.1, 0.15) is 23.2 Å². The summed E-state index contributed by atoms with van der Waals surface area (Å²) in [5, 5.41) is 0. The molecule has 0 spiro atoms. The van der Waals surface area contributed by atoms with Crippen molar-refractivity contribution in [2.45, 2.75) is 18.9 Å². The van der Waals surface area contributed by atoms with E-state index in [1.165, 1.54) is 23.1 Å². The monoisotopic (exact) mass is 249 g/mol. The molecule has 0 N–H and O–H groups in total. The van der Waals surface area contributed by atoms with Gasteiger partial charge in [-0.1, -0.05) is 0 Å². The zero-order valence-corrected chi connectivity index (χ0v) is 9.69. The van der Waals surface area contributed by atoms with Gasteiger partial charge in [-0.25, -0.2) is 4.39 Å². The Hall–Kier alpha value is -1.75. The molecule has 1 fully saturated rings. The third-order valence-corrected chi connectivity index (χ3v) is 3.34. The van der Waals surface area contributed by atoms with E-state index in [1.54, 1.807) is 0 Å². The van der Waals surface area contributed by atoms with Crippen molar-refractivity contribution in [3.05, 3.63) is 29.6 Å². The summed E-state index contributed by atoms with van der Waals surface area (Å²) >= 11 is 0. The Morgan fingerprint density at radius 1 is 1.39 bits per heavy atom. The first-order valence-corrected chi connectivity index (χ1v) is 5.94. The summed E-state index contributed by atoms with van der Waals surface area (Å²) in [5.74, 6) is -1.61. The Morgan fingerprint density at radius 3 is 2.94 bits per heavy atom. The number of halogens is 1. The zero-order valence-electron chi connectivity index (χ0n) is 9.69. The quantitative estimate of drug-likeness (QED) is 0.747. The number of ketones is 1. The van der Waals surface area contributed by atoms with Gasteiger partial charge in [0.05, 0.1) is 23.9 Å². The van der Waals surface area contributed by atoms with Gasteiger partial charge in [-0.15, -0.1) is 0 Å². The first-order valence-electron chi connectivity index (χ1n) is 5.94. The largest absolute Gasteiger partial charge is 0.376 e. The Morgan fingerprint density at radius 2 is 2.22 bits per heavy atom. The number of hydrogen-bond acceptors (Lipinski definition) is 3. The summed E-state index contributed by atoms with van der Waals surface area (Å²) < 4.78 is 18.7. The number of amides is 1. The maximum absolute atomic E-state index is 13.2. The van der Waals surface area contributed by atoms with Gasteiger partial charge in [0.2, 0.25) is 0 Å². The van der Waals surface area contributed by atoms with Crippen LogP contribution in [0.4, 0.5) is 10.1 Å². The molecule has 1 saturated heterocycles. The molecule has 2 aliphatic rings. The van der Waals surface area contributed by atoms with E-state index in [4.69, 9.17) is 4.74 Å². The molecule has 0 aromatic heterocycles. The molecule has 1 aromatic rings. The third kappa shape index (κ3) is 1.71. The highest BCUT2D eigenvalue weighted by Gasteiger charge is 2.37. The molecular weight excluding hydrogens is 237 g/mol. The average Bonchev–Trinajstić information content (AvgIpc) is 2.93. The summed E-state index contributed by atoms with van der Waals surface area (Å²) in [5.41, 5.74) is 0.639. The maximum Gasteiger partial charge on any atom is 0.299 e. The lowest BCUT2D eigenvalue weighted by Crippen LogP contribution is -2.36. The SMILES string of the molecule is O=C1C(=O)N(CC2CCCO2)c2cc(F)ccc21. The van der Waals surface area contributed by atoms with Crippen molar-refractivity contribution < 1.29 is 18.7 Å². The highest BCUT2D eigenvalue weighted by atomic mass is 19.1. The Balaban J connectivity index is 1.93. The second kappa shape index (κ2) is 4.17. The number of rotatable bonds is 2.